The van der Waals surface area contributed by atoms with Crippen LogP contribution in [0.3, 0.4) is 0 Å². The molecule has 0 fully saturated rings. The smallest absolute Gasteiger partial charge is 0.136 e. The van der Waals surface area contributed by atoms with Crippen LogP contribution in [0.1, 0.15) is 5.56 Å². The van der Waals surface area contributed by atoms with Gasteiger partial charge in [0.25, 0.3) is 0 Å². The fraction of sp³-hybridized carbons (Fsp3) is 0.143. The maximum Gasteiger partial charge on any atom is 0.136 e. The number of hydrogen-bond donors (Lipinski definition) is 2. The van der Waals surface area contributed by atoms with E-state index in [9.17, 15) is 0 Å². The van der Waals surface area contributed by atoms with Crippen LogP contribution in [0.4, 0.5) is 5.69 Å². The van der Waals surface area contributed by atoms with Crippen molar-refractivity contribution in [1.29, 1.82) is 0 Å². The molecule has 0 spiro atoms. The molecule has 0 heterocycles. The Balaban J connectivity index is 3.28. The van der Waals surface area contributed by atoms with Gasteiger partial charge in [-0.1, -0.05) is 11.6 Å². The molecule has 1 aromatic carbocycles. The molecule has 1 rings (SSSR count). The van der Waals surface area contributed by atoms with Crippen LogP contribution >= 0.6 is 11.6 Å². The standard InChI is InChI=1S/C7H8ClNO/c1-4-2-5(8)7(10)3-6(4)9/h2-3,10H,9H2,1H3. The summed E-state index contributed by atoms with van der Waals surface area (Å²) in [6.45, 7) is 1.83. The highest BCUT2D eigenvalue weighted by atomic mass is 35.5. The van der Waals surface area contributed by atoms with Gasteiger partial charge in [-0.25, -0.2) is 0 Å². The Kier molecular flexibility index (Phi) is 1.72. The molecule has 0 atom stereocenters. The third-order valence-electron chi connectivity index (χ3n) is 1.34. The maximum atomic E-state index is 9.01. The highest BCUT2D eigenvalue weighted by Crippen LogP contribution is 2.27. The average Bonchev–Trinajstić information content (AvgIpc) is 1.84. The van der Waals surface area contributed by atoms with Crippen molar-refractivity contribution in [3.05, 3.63) is 22.7 Å². The quantitative estimate of drug-likeness (QED) is 0.566. The third kappa shape index (κ3) is 1.16. The van der Waals surface area contributed by atoms with Crippen LogP contribution in [0.5, 0.6) is 5.75 Å². The van der Waals surface area contributed by atoms with Crippen molar-refractivity contribution in [1.82, 2.24) is 0 Å². The summed E-state index contributed by atoms with van der Waals surface area (Å²) in [7, 11) is 0. The van der Waals surface area contributed by atoms with E-state index >= 15 is 0 Å². The van der Waals surface area contributed by atoms with Crippen molar-refractivity contribution >= 4 is 17.3 Å². The van der Waals surface area contributed by atoms with Gasteiger partial charge in [0.15, 0.2) is 0 Å². The number of hydrogen-bond acceptors (Lipinski definition) is 2. The molecule has 10 heavy (non-hydrogen) atoms. The normalized spacial score (nSPS) is 9.80. The van der Waals surface area contributed by atoms with Gasteiger partial charge in [-0.05, 0) is 18.6 Å². The zero-order chi connectivity index (χ0) is 7.72. The molecule has 0 aliphatic carbocycles. The van der Waals surface area contributed by atoms with Gasteiger partial charge in [0.1, 0.15) is 5.75 Å². The molecule has 0 aliphatic heterocycles. The van der Waals surface area contributed by atoms with E-state index in [1.54, 1.807) is 6.07 Å². The molecule has 0 aliphatic rings. The lowest BCUT2D eigenvalue weighted by Gasteiger charge is -2.01. The van der Waals surface area contributed by atoms with Crippen molar-refractivity contribution in [3.63, 3.8) is 0 Å². The van der Waals surface area contributed by atoms with Gasteiger partial charge >= 0.3 is 0 Å². The Morgan fingerprint density at radius 3 is 2.60 bits per heavy atom. The summed E-state index contributed by atoms with van der Waals surface area (Å²) in [5.74, 6) is 0.0322. The minimum atomic E-state index is 0.0322. The third-order valence-corrected chi connectivity index (χ3v) is 1.64. The Labute approximate surface area is 64.2 Å². The van der Waals surface area contributed by atoms with Gasteiger partial charge in [-0.3, -0.25) is 0 Å². The number of aromatic hydroxyl groups is 1. The average molecular weight is 158 g/mol. The first-order valence-electron chi connectivity index (χ1n) is 2.86. The van der Waals surface area contributed by atoms with Crippen LogP contribution in [0.15, 0.2) is 12.1 Å². The van der Waals surface area contributed by atoms with Gasteiger partial charge in [-0.2, -0.15) is 0 Å². The molecular formula is C7H8ClNO. The molecule has 0 bridgehead atoms. The van der Waals surface area contributed by atoms with Crippen molar-refractivity contribution < 1.29 is 5.11 Å². The molecule has 2 nitrogen and oxygen atoms in total. The van der Waals surface area contributed by atoms with E-state index in [4.69, 9.17) is 22.4 Å². The van der Waals surface area contributed by atoms with Crippen LogP contribution in [0, 0.1) is 6.92 Å². The number of benzene rings is 1. The molecule has 0 saturated carbocycles. The summed E-state index contributed by atoms with van der Waals surface area (Å²) >= 11 is 5.58. The summed E-state index contributed by atoms with van der Waals surface area (Å²) in [5.41, 5.74) is 6.91. The molecule has 0 saturated heterocycles. The topological polar surface area (TPSA) is 46.2 Å². The van der Waals surface area contributed by atoms with E-state index in [0.717, 1.165) is 5.56 Å². The zero-order valence-corrected chi connectivity index (χ0v) is 6.31. The first-order chi connectivity index (χ1) is 4.61. The molecule has 0 radical (unpaired) electrons. The first kappa shape index (κ1) is 7.22. The fourth-order valence-electron chi connectivity index (χ4n) is 0.677. The molecule has 1 aromatic rings. The second-order valence-electron chi connectivity index (χ2n) is 2.16. The van der Waals surface area contributed by atoms with E-state index in [0.29, 0.717) is 10.7 Å². The lowest BCUT2D eigenvalue weighted by molar-refractivity contribution is 0.476. The maximum absolute atomic E-state index is 9.01. The SMILES string of the molecule is Cc1cc(Cl)c(O)cc1N. The highest BCUT2D eigenvalue weighted by Gasteiger charge is 2.00. The fourth-order valence-corrected chi connectivity index (χ4v) is 0.896. The first-order valence-corrected chi connectivity index (χ1v) is 3.23. The van der Waals surface area contributed by atoms with Crippen molar-refractivity contribution in [3.8, 4) is 5.75 Å². The van der Waals surface area contributed by atoms with Crippen molar-refractivity contribution in [2.24, 2.45) is 0 Å². The van der Waals surface area contributed by atoms with Gasteiger partial charge in [0.2, 0.25) is 0 Å². The van der Waals surface area contributed by atoms with E-state index in [1.165, 1.54) is 6.07 Å². The minimum Gasteiger partial charge on any atom is -0.506 e. The zero-order valence-electron chi connectivity index (χ0n) is 5.56. The summed E-state index contributed by atoms with van der Waals surface area (Å²) < 4.78 is 0. The second-order valence-corrected chi connectivity index (χ2v) is 2.57. The number of nitrogens with two attached hydrogens (primary N) is 1. The summed E-state index contributed by atoms with van der Waals surface area (Å²) in [5, 5.41) is 9.35. The van der Waals surface area contributed by atoms with Crippen molar-refractivity contribution in [2.75, 3.05) is 5.73 Å². The van der Waals surface area contributed by atoms with Crippen LogP contribution in [0.25, 0.3) is 0 Å². The Morgan fingerprint density at radius 1 is 1.50 bits per heavy atom. The largest absolute Gasteiger partial charge is 0.506 e. The number of phenols is 1. The molecule has 3 N–H and O–H groups in total. The molecule has 0 unspecified atom stereocenters. The predicted octanol–water partition coefficient (Wildman–Crippen LogP) is 1.94. The van der Waals surface area contributed by atoms with Crippen LogP contribution in [0.2, 0.25) is 5.02 Å². The highest BCUT2D eigenvalue weighted by molar-refractivity contribution is 6.32. The van der Waals surface area contributed by atoms with Gasteiger partial charge in [-0.15, -0.1) is 0 Å². The van der Waals surface area contributed by atoms with E-state index in [-0.39, 0.29) is 5.75 Å². The number of rotatable bonds is 0. The summed E-state index contributed by atoms with van der Waals surface area (Å²) in [4.78, 5) is 0. The number of phenolic OH excluding ortho intramolecular Hbond substituents is 1. The Bertz CT molecular complexity index is 210. The van der Waals surface area contributed by atoms with Gasteiger partial charge in [0.05, 0.1) is 5.02 Å². The second kappa shape index (κ2) is 2.39. The number of nitrogen functional groups attached to an aromatic ring is 1. The molecule has 0 amide bonds. The monoisotopic (exact) mass is 157 g/mol. The van der Waals surface area contributed by atoms with Crippen LogP contribution in [-0.4, -0.2) is 5.11 Å². The number of aryl methyl sites for hydroxylation is 1. The Morgan fingerprint density at radius 2 is 2.10 bits per heavy atom. The Hall–Kier alpha value is -0.890. The molecule has 0 aromatic heterocycles. The number of halogens is 1. The lowest BCUT2D eigenvalue weighted by Crippen LogP contribution is -1.88. The lowest BCUT2D eigenvalue weighted by atomic mass is 10.2. The van der Waals surface area contributed by atoms with Crippen molar-refractivity contribution in [2.45, 2.75) is 6.92 Å². The van der Waals surface area contributed by atoms with E-state index in [1.807, 2.05) is 6.92 Å². The molecular weight excluding hydrogens is 150 g/mol. The van der Waals surface area contributed by atoms with E-state index in [2.05, 4.69) is 0 Å². The van der Waals surface area contributed by atoms with E-state index < -0.39 is 0 Å². The molecule has 54 valence electrons. The minimum absolute atomic E-state index is 0.0322. The summed E-state index contributed by atoms with van der Waals surface area (Å²) in [6, 6.07) is 3.07. The summed E-state index contributed by atoms with van der Waals surface area (Å²) in [6.07, 6.45) is 0. The predicted molar refractivity (Wildman–Crippen MR) is 42.3 cm³/mol. The van der Waals surface area contributed by atoms with Gasteiger partial charge < -0.3 is 10.8 Å². The van der Waals surface area contributed by atoms with Crippen LogP contribution in [-0.2, 0) is 0 Å². The number of anilines is 1. The van der Waals surface area contributed by atoms with Gasteiger partial charge in [0, 0.05) is 11.8 Å². The van der Waals surface area contributed by atoms with Crippen LogP contribution < -0.4 is 5.73 Å². The molecule has 3 heteroatoms.